The summed E-state index contributed by atoms with van der Waals surface area (Å²) in [4.78, 5) is 9.57. The fourth-order valence-electron chi connectivity index (χ4n) is 1.74. The standard InChI is InChI=1S/C11H13F2N3O2/c12-8-3-7(16(17)18)4-9(13)11(8)15-5-10(14)6-1-2-6/h3-4,6,10,15H,1-2,5,14H2. The third-order valence-corrected chi connectivity index (χ3v) is 2.98. The maximum Gasteiger partial charge on any atom is 0.275 e. The molecule has 0 aliphatic heterocycles. The zero-order valence-electron chi connectivity index (χ0n) is 9.53. The average Bonchev–Trinajstić information content (AvgIpc) is 3.10. The van der Waals surface area contributed by atoms with Crippen molar-refractivity contribution in [1.82, 2.24) is 0 Å². The van der Waals surface area contributed by atoms with Crippen molar-refractivity contribution in [2.24, 2.45) is 11.7 Å². The molecule has 5 nitrogen and oxygen atoms in total. The Morgan fingerprint density at radius 3 is 2.44 bits per heavy atom. The summed E-state index contributed by atoms with van der Waals surface area (Å²) in [5, 5.41) is 13.0. The molecule has 1 aromatic rings. The number of nitro groups is 1. The van der Waals surface area contributed by atoms with E-state index in [-0.39, 0.29) is 18.3 Å². The molecule has 18 heavy (non-hydrogen) atoms. The van der Waals surface area contributed by atoms with Crippen LogP contribution in [0.3, 0.4) is 0 Å². The van der Waals surface area contributed by atoms with E-state index in [1.807, 2.05) is 0 Å². The summed E-state index contributed by atoms with van der Waals surface area (Å²) in [5.41, 5.74) is 4.82. The molecule has 1 atom stereocenters. The number of benzene rings is 1. The molecule has 1 unspecified atom stereocenters. The molecule has 1 saturated carbocycles. The smallest absolute Gasteiger partial charge is 0.275 e. The molecule has 7 heteroatoms. The van der Waals surface area contributed by atoms with Gasteiger partial charge in [0.1, 0.15) is 5.69 Å². The van der Waals surface area contributed by atoms with Crippen molar-refractivity contribution in [2.45, 2.75) is 18.9 Å². The molecule has 0 radical (unpaired) electrons. The number of nitrogens with two attached hydrogens (primary N) is 1. The highest BCUT2D eigenvalue weighted by Crippen LogP contribution is 2.32. The van der Waals surface area contributed by atoms with Gasteiger partial charge in [-0.15, -0.1) is 0 Å². The number of hydrogen-bond donors (Lipinski definition) is 2. The van der Waals surface area contributed by atoms with Crippen LogP contribution in [0.2, 0.25) is 0 Å². The Morgan fingerprint density at radius 2 is 2.00 bits per heavy atom. The SMILES string of the molecule is NC(CNc1c(F)cc([N+](=O)[O-])cc1F)C1CC1. The van der Waals surface area contributed by atoms with Crippen LogP contribution in [0.4, 0.5) is 20.2 Å². The number of nitrogens with zero attached hydrogens (tertiary/aromatic N) is 1. The Hall–Kier alpha value is -1.76. The van der Waals surface area contributed by atoms with Gasteiger partial charge in [0.15, 0.2) is 11.6 Å². The van der Waals surface area contributed by atoms with E-state index in [0.717, 1.165) is 12.8 Å². The molecular weight excluding hydrogens is 244 g/mol. The van der Waals surface area contributed by atoms with Gasteiger partial charge in [0.25, 0.3) is 5.69 Å². The third-order valence-electron chi connectivity index (χ3n) is 2.98. The lowest BCUT2D eigenvalue weighted by atomic mass is 10.2. The summed E-state index contributed by atoms with van der Waals surface area (Å²) in [6.07, 6.45) is 2.07. The lowest BCUT2D eigenvalue weighted by Gasteiger charge is -2.13. The first-order valence-corrected chi connectivity index (χ1v) is 5.62. The lowest BCUT2D eigenvalue weighted by molar-refractivity contribution is -0.385. The number of rotatable bonds is 5. The van der Waals surface area contributed by atoms with Crippen LogP contribution in [0, 0.1) is 27.7 Å². The fraction of sp³-hybridized carbons (Fsp3) is 0.455. The molecular formula is C11H13F2N3O2. The maximum atomic E-state index is 13.5. The Morgan fingerprint density at radius 1 is 1.44 bits per heavy atom. The van der Waals surface area contributed by atoms with Crippen molar-refractivity contribution in [3.8, 4) is 0 Å². The molecule has 3 N–H and O–H groups in total. The van der Waals surface area contributed by atoms with Crippen LogP contribution in [-0.2, 0) is 0 Å². The van der Waals surface area contributed by atoms with E-state index in [1.165, 1.54) is 0 Å². The van der Waals surface area contributed by atoms with Gasteiger partial charge in [0, 0.05) is 12.6 Å². The van der Waals surface area contributed by atoms with Gasteiger partial charge in [-0.3, -0.25) is 10.1 Å². The molecule has 0 amide bonds. The number of anilines is 1. The van der Waals surface area contributed by atoms with Gasteiger partial charge in [0.2, 0.25) is 0 Å². The largest absolute Gasteiger partial charge is 0.379 e. The summed E-state index contributed by atoms with van der Waals surface area (Å²) >= 11 is 0. The van der Waals surface area contributed by atoms with Crippen LogP contribution in [0.5, 0.6) is 0 Å². The summed E-state index contributed by atoms with van der Waals surface area (Å²) in [7, 11) is 0. The Bertz CT molecular complexity index is 454. The number of nitro benzene ring substituents is 1. The topological polar surface area (TPSA) is 81.2 Å². The first-order valence-electron chi connectivity index (χ1n) is 5.62. The van der Waals surface area contributed by atoms with Gasteiger partial charge in [-0.25, -0.2) is 8.78 Å². The number of halogens is 2. The summed E-state index contributed by atoms with van der Waals surface area (Å²) < 4.78 is 27.0. The normalized spacial score (nSPS) is 16.4. The first kappa shape index (κ1) is 12.7. The average molecular weight is 257 g/mol. The van der Waals surface area contributed by atoms with Crippen molar-refractivity contribution < 1.29 is 13.7 Å². The monoisotopic (exact) mass is 257 g/mol. The molecule has 1 aromatic carbocycles. The highest BCUT2D eigenvalue weighted by atomic mass is 19.1. The van der Waals surface area contributed by atoms with E-state index < -0.39 is 22.2 Å². The van der Waals surface area contributed by atoms with Crippen LogP contribution < -0.4 is 11.1 Å². The Kier molecular flexibility index (Phi) is 3.42. The third kappa shape index (κ3) is 2.73. The molecule has 2 rings (SSSR count). The zero-order chi connectivity index (χ0) is 13.3. The van der Waals surface area contributed by atoms with Gasteiger partial charge >= 0.3 is 0 Å². The van der Waals surface area contributed by atoms with E-state index >= 15 is 0 Å². The molecule has 1 fully saturated rings. The van der Waals surface area contributed by atoms with Crippen LogP contribution in [0.25, 0.3) is 0 Å². The zero-order valence-corrected chi connectivity index (χ0v) is 9.53. The molecule has 0 heterocycles. The van der Waals surface area contributed by atoms with E-state index in [9.17, 15) is 18.9 Å². The van der Waals surface area contributed by atoms with Gasteiger partial charge in [-0.1, -0.05) is 0 Å². The second-order valence-electron chi connectivity index (χ2n) is 4.42. The number of non-ortho nitro benzene ring substituents is 1. The molecule has 0 saturated heterocycles. The maximum absolute atomic E-state index is 13.5. The number of hydrogen-bond acceptors (Lipinski definition) is 4. The minimum atomic E-state index is -0.982. The predicted molar refractivity (Wildman–Crippen MR) is 62.2 cm³/mol. The molecule has 0 aromatic heterocycles. The van der Waals surface area contributed by atoms with Crippen molar-refractivity contribution in [3.63, 3.8) is 0 Å². The van der Waals surface area contributed by atoms with E-state index in [1.54, 1.807) is 0 Å². The summed E-state index contributed by atoms with van der Waals surface area (Å²) in [6, 6.07) is 1.22. The number of nitrogens with one attached hydrogen (secondary N) is 1. The fourth-order valence-corrected chi connectivity index (χ4v) is 1.74. The first-order chi connectivity index (χ1) is 8.49. The van der Waals surface area contributed by atoms with Crippen LogP contribution in [0.15, 0.2) is 12.1 Å². The van der Waals surface area contributed by atoms with Gasteiger partial charge in [-0.05, 0) is 18.8 Å². The van der Waals surface area contributed by atoms with E-state index in [4.69, 9.17) is 5.73 Å². The van der Waals surface area contributed by atoms with E-state index in [2.05, 4.69) is 5.32 Å². The van der Waals surface area contributed by atoms with Crippen LogP contribution >= 0.6 is 0 Å². The predicted octanol–water partition coefficient (Wildman–Crippen LogP) is 2.02. The van der Waals surface area contributed by atoms with Crippen molar-refractivity contribution >= 4 is 11.4 Å². The van der Waals surface area contributed by atoms with Crippen molar-refractivity contribution in [2.75, 3.05) is 11.9 Å². The molecule has 98 valence electrons. The van der Waals surface area contributed by atoms with Gasteiger partial charge in [-0.2, -0.15) is 0 Å². The molecule has 0 bridgehead atoms. The second kappa shape index (κ2) is 4.85. The lowest BCUT2D eigenvalue weighted by Crippen LogP contribution is -2.31. The van der Waals surface area contributed by atoms with Crippen molar-refractivity contribution in [3.05, 3.63) is 33.9 Å². The Labute approximate surface area is 102 Å². The van der Waals surface area contributed by atoms with Gasteiger partial charge < -0.3 is 11.1 Å². The van der Waals surface area contributed by atoms with Gasteiger partial charge in [0.05, 0.1) is 17.1 Å². The highest BCUT2D eigenvalue weighted by molar-refractivity contribution is 5.51. The second-order valence-corrected chi connectivity index (χ2v) is 4.42. The van der Waals surface area contributed by atoms with E-state index in [0.29, 0.717) is 18.1 Å². The summed E-state index contributed by atoms with van der Waals surface area (Å²) in [5.74, 6) is -1.56. The Balaban J connectivity index is 2.09. The molecule has 0 spiro atoms. The minimum absolute atomic E-state index is 0.154. The molecule has 1 aliphatic rings. The van der Waals surface area contributed by atoms with Crippen LogP contribution in [-0.4, -0.2) is 17.5 Å². The summed E-state index contributed by atoms with van der Waals surface area (Å²) in [6.45, 7) is 0.246. The molecule has 1 aliphatic carbocycles. The van der Waals surface area contributed by atoms with Crippen molar-refractivity contribution in [1.29, 1.82) is 0 Å². The minimum Gasteiger partial charge on any atom is -0.379 e. The quantitative estimate of drug-likeness (QED) is 0.624. The highest BCUT2D eigenvalue weighted by Gasteiger charge is 2.28. The van der Waals surface area contributed by atoms with Crippen LogP contribution in [0.1, 0.15) is 12.8 Å².